The Balaban J connectivity index is 1.68. The number of amides is 1. The van der Waals surface area contributed by atoms with Crippen molar-refractivity contribution in [3.8, 4) is 5.69 Å². The smallest absolute Gasteiger partial charge is 0.264 e. The Hall–Kier alpha value is -2.51. The summed E-state index contributed by atoms with van der Waals surface area (Å²) in [6.07, 6.45) is 0. The fourth-order valence-electron chi connectivity index (χ4n) is 2.83. The van der Waals surface area contributed by atoms with Gasteiger partial charge in [-0.1, -0.05) is 0 Å². The first-order valence-electron chi connectivity index (χ1n) is 8.04. The van der Waals surface area contributed by atoms with Crippen LogP contribution in [0.1, 0.15) is 20.9 Å². The van der Waals surface area contributed by atoms with Crippen molar-refractivity contribution in [1.82, 2.24) is 14.7 Å². The number of fused-ring (bicyclic) bond motifs is 1. The summed E-state index contributed by atoms with van der Waals surface area (Å²) in [6.45, 7) is 2.50. The second-order valence-corrected chi connectivity index (χ2v) is 7.91. The average molecular weight is 385 g/mol. The predicted octanol–water partition coefficient (Wildman–Crippen LogP) is 4.87. The molecule has 0 aliphatic rings. The van der Waals surface area contributed by atoms with Crippen molar-refractivity contribution in [3.05, 3.63) is 69.1 Å². The molecule has 0 radical (unpaired) electrons. The van der Waals surface area contributed by atoms with Gasteiger partial charge in [0.25, 0.3) is 5.91 Å². The van der Waals surface area contributed by atoms with Gasteiger partial charge in [0.05, 0.1) is 16.3 Å². The summed E-state index contributed by atoms with van der Waals surface area (Å²) in [7, 11) is 1.81. The number of benzene rings is 1. The average Bonchev–Trinajstić information content (AvgIpc) is 3.34. The summed E-state index contributed by atoms with van der Waals surface area (Å²) in [4.78, 5) is 16.1. The van der Waals surface area contributed by atoms with Crippen LogP contribution in [0.2, 0.25) is 0 Å². The summed E-state index contributed by atoms with van der Waals surface area (Å²) >= 11 is 3.03. The summed E-state index contributed by atoms with van der Waals surface area (Å²) in [5, 5.41) is 9.54. The number of hydrogen-bond acceptors (Lipinski definition) is 4. The molecule has 0 saturated carbocycles. The first-order valence-corrected chi connectivity index (χ1v) is 9.80. The lowest BCUT2D eigenvalue weighted by Crippen LogP contribution is -2.25. The quantitative estimate of drug-likeness (QED) is 0.503. The molecule has 3 aromatic heterocycles. The summed E-state index contributed by atoms with van der Waals surface area (Å²) in [6, 6.07) is 10.1. The molecule has 4 nitrogen and oxygen atoms in total. The predicted molar refractivity (Wildman–Crippen MR) is 104 cm³/mol. The highest BCUT2D eigenvalue weighted by molar-refractivity contribution is 7.20. The first kappa shape index (κ1) is 16.9. The molecule has 0 aliphatic heterocycles. The van der Waals surface area contributed by atoms with Crippen molar-refractivity contribution in [2.24, 2.45) is 0 Å². The van der Waals surface area contributed by atoms with Crippen molar-refractivity contribution in [1.29, 1.82) is 0 Å². The maximum absolute atomic E-state index is 13.2. The summed E-state index contributed by atoms with van der Waals surface area (Å²) < 4.78 is 15.0. The topological polar surface area (TPSA) is 38.1 Å². The van der Waals surface area contributed by atoms with E-state index in [9.17, 15) is 9.18 Å². The van der Waals surface area contributed by atoms with E-state index in [-0.39, 0.29) is 11.7 Å². The van der Waals surface area contributed by atoms with Gasteiger partial charge in [-0.15, -0.1) is 11.3 Å². The second kappa shape index (κ2) is 6.66. The zero-order valence-corrected chi connectivity index (χ0v) is 15.9. The van der Waals surface area contributed by atoms with Gasteiger partial charge in [0.1, 0.15) is 10.6 Å². The molecule has 0 saturated heterocycles. The maximum atomic E-state index is 13.2. The Bertz CT molecular complexity index is 1060. The van der Waals surface area contributed by atoms with Crippen molar-refractivity contribution in [2.45, 2.75) is 13.5 Å². The number of hydrogen-bond donors (Lipinski definition) is 0. The molecule has 0 unspecified atom stereocenters. The number of carbonyl (C=O) groups excluding carboxylic acids is 1. The highest BCUT2D eigenvalue weighted by Crippen LogP contribution is 2.31. The van der Waals surface area contributed by atoms with Crippen LogP contribution in [0, 0.1) is 12.7 Å². The van der Waals surface area contributed by atoms with Gasteiger partial charge in [0.2, 0.25) is 0 Å². The van der Waals surface area contributed by atoms with Crippen LogP contribution in [0.3, 0.4) is 0 Å². The number of carbonyl (C=O) groups is 1. The number of aryl methyl sites for hydroxylation is 1. The third-order valence-electron chi connectivity index (χ3n) is 4.17. The number of aromatic nitrogens is 2. The molecule has 0 atom stereocenters. The Labute approximate surface area is 158 Å². The standard InChI is InChI=1S/C19H16FN3OS2/c1-12-16-9-17(18(24)22(2)10-13-7-8-25-11-13)26-19(16)23(21-12)15-5-3-14(20)4-6-15/h3-9,11H,10H2,1-2H3. The fraction of sp³-hybridized carbons (Fsp3) is 0.158. The number of thiophene rings is 2. The lowest BCUT2D eigenvalue weighted by Gasteiger charge is -2.15. The van der Waals surface area contributed by atoms with Crippen LogP contribution in [0.4, 0.5) is 4.39 Å². The Morgan fingerprint density at radius 2 is 2.04 bits per heavy atom. The van der Waals surface area contributed by atoms with E-state index in [0.29, 0.717) is 11.4 Å². The zero-order valence-electron chi connectivity index (χ0n) is 14.3. The van der Waals surface area contributed by atoms with Gasteiger partial charge in [0, 0.05) is 19.0 Å². The van der Waals surface area contributed by atoms with Gasteiger partial charge in [0.15, 0.2) is 0 Å². The molecule has 4 rings (SSSR count). The van der Waals surface area contributed by atoms with Crippen LogP contribution in [-0.2, 0) is 6.54 Å². The molecule has 7 heteroatoms. The van der Waals surface area contributed by atoms with Crippen LogP contribution in [0.25, 0.3) is 15.9 Å². The van der Waals surface area contributed by atoms with Gasteiger partial charge in [-0.3, -0.25) is 4.79 Å². The molecular weight excluding hydrogens is 369 g/mol. The third-order valence-corrected chi connectivity index (χ3v) is 6.00. The highest BCUT2D eigenvalue weighted by Gasteiger charge is 2.19. The molecule has 0 N–H and O–H groups in total. The van der Waals surface area contributed by atoms with Crippen molar-refractivity contribution in [2.75, 3.05) is 7.05 Å². The van der Waals surface area contributed by atoms with Gasteiger partial charge in [-0.2, -0.15) is 16.4 Å². The van der Waals surface area contributed by atoms with Gasteiger partial charge >= 0.3 is 0 Å². The van der Waals surface area contributed by atoms with E-state index in [2.05, 4.69) is 5.10 Å². The molecule has 1 aromatic carbocycles. The number of halogens is 1. The van der Waals surface area contributed by atoms with Crippen LogP contribution < -0.4 is 0 Å². The monoisotopic (exact) mass is 385 g/mol. The van der Waals surface area contributed by atoms with Crippen LogP contribution >= 0.6 is 22.7 Å². The van der Waals surface area contributed by atoms with Gasteiger partial charge < -0.3 is 4.90 Å². The SMILES string of the molecule is Cc1nn(-c2ccc(F)cc2)c2sc(C(=O)N(C)Cc3ccsc3)cc12. The fourth-order valence-corrected chi connectivity index (χ4v) is 4.66. The Kier molecular flexibility index (Phi) is 4.34. The molecule has 0 spiro atoms. The van der Waals surface area contributed by atoms with Crippen molar-refractivity contribution in [3.63, 3.8) is 0 Å². The molecule has 132 valence electrons. The molecule has 1 amide bonds. The molecular formula is C19H16FN3OS2. The Morgan fingerprint density at radius 3 is 2.73 bits per heavy atom. The van der Waals surface area contributed by atoms with Crippen LogP contribution in [0.15, 0.2) is 47.2 Å². The molecule has 0 aliphatic carbocycles. The first-order chi connectivity index (χ1) is 12.5. The maximum Gasteiger partial charge on any atom is 0.264 e. The van der Waals surface area contributed by atoms with E-state index < -0.39 is 0 Å². The number of rotatable bonds is 4. The van der Waals surface area contributed by atoms with E-state index >= 15 is 0 Å². The van der Waals surface area contributed by atoms with E-state index in [0.717, 1.165) is 27.2 Å². The van der Waals surface area contributed by atoms with Crippen molar-refractivity contribution >= 4 is 38.8 Å². The highest BCUT2D eigenvalue weighted by atomic mass is 32.1. The van der Waals surface area contributed by atoms with Gasteiger partial charge in [-0.05, 0) is 59.6 Å². The lowest BCUT2D eigenvalue weighted by molar-refractivity contribution is 0.0790. The largest absolute Gasteiger partial charge is 0.337 e. The summed E-state index contributed by atoms with van der Waals surface area (Å²) in [5.41, 5.74) is 2.75. The Morgan fingerprint density at radius 1 is 1.27 bits per heavy atom. The van der Waals surface area contributed by atoms with E-state index in [1.165, 1.54) is 23.5 Å². The lowest BCUT2D eigenvalue weighted by atomic mass is 10.2. The number of nitrogens with zero attached hydrogens (tertiary/aromatic N) is 3. The summed E-state index contributed by atoms with van der Waals surface area (Å²) in [5.74, 6) is -0.298. The molecule has 0 fully saturated rings. The minimum absolute atomic E-state index is 0.0116. The molecule has 0 bridgehead atoms. The minimum Gasteiger partial charge on any atom is -0.337 e. The van der Waals surface area contributed by atoms with Crippen LogP contribution in [-0.4, -0.2) is 27.6 Å². The van der Waals surface area contributed by atoms with Gasteiger partial charge in [-0.25, -0.2) is 9.07 Å². The second-order valence-electron chi connectivity index (χ2n) is 6.10. The van der Waals surface area contributed by atoms with Crippen LogP contribution in [0.5, 0.6) is 0 Å². The van der Waals surface area contributed by atoms with E-state index in [4.69, 9.17) is 0 Å². The molecule has 4 aromatic rings. The minimum atomic E-state index is -0.286. The third kappa shape index (κ3) is 3.04. The van der Waals surface area contributed by atoms with E-state index in [1.807, 2.05) is 36.9 Å². The molecule has 26 heavy (non-hydrogen) atoms. The zero-order chi connectivity index (χ0) is 18.3. The normalized spacial score (nSPS) is 11.2. The van der Waals surface area contributed by atoms with E-state index in [1.54, 1.807) is 33.1 Å². The van der Waals surface area contributed by atoms with Crippen molar-refractivity contribution < 1.29 is 9.18 Å². The molecule has 3 heterocycles.